The van der Waals surface area contributed by atoms with Crippen molar-refractivity contribution in [2.24, 2.45) is 0 Å². The molecule has 0 atom stereocenters. The molecule has 1 aliphatic heterocycles. The Morgan fingerprint density at radius 2 is 1.69 bits per heavy atom. The van der Waals surface area contributed by atoms with E-state index in [1.807, 2.05) is 20.8 Å². The minimum absolute atomic E-state index is 0.131. The molecular formula is C22H29N3O6S. The first-order valence-electron chi connectivity index (χ1n) is 10.8. The van der Waals surface area contributed by atoms with Gasteiger partial charge in [-0.15, -0.1) is 0 Å². The van der Waals surface area contributed by atoms with Gasteiger partial charge in [-0.05, 0) is 39.8 Å². The molecule has 2 heterocycles. The first-order chi connectivity index (χ1) is 15.5. The van der Waals surface area contributed by atoms with Crippen LogP contribution in [0.5, 0.6) is 17.2 Å². The van der Waals surface area contributed by atoms with E-state index in [2.05, 4.69) is 10.3 Å². The van der Waals surface area contributed by atoms with E-state index in [1.165, 1.54) is 11.3 Å². The molecule has 174 valence electrons. The molecule has 1 aliphatic rings. The van der Waals surface area contributed by atoms with Crippen molar-refractivity contribution in [2.75, 3.05) is 38.3 Å². The zero-order valence-electron chi connectivity index (χ0n) is 18.9. The summed E-state index contributed by atoms with van der Waals surface area (Å²) in [7, 11) is 0. The quantitative estimate of drug-likeness (QED) is 0.597. The van der Waals surface area contributed by atoms with Crippen molar-refractivity contribution in [3.8, 4) is 17.2 Å². The second kappa shape index (κ2) is 11.0. The van der Waals surface area contributed by atoms with E-state index in [0.29, 0.717) is 67.3 Å². The number of hydrogen-bond acceptors (Lipinski definition) is 8. The van der Waals surface area contributed by atoms with Crippen LogP contribution >= 0.6 is 11.3 Å². The Hall–Kier alpha value is -3.01. The molecule has 3 rings (SSSR count). The van der Waals surface area contributed by atoms with Crippen molar-refractivity contribution in [1.82, 2.24) is 9.88 Å². The van der Waals surface area contributed by atoms with Crippen LogP contribution in [0.4, 0.5) is 9.93 Å². The second-order valence-corrected chi connectivity index (χ2v) is 7.90. The van der Waals surface area contributed by atoms with E-state index in [1.54, 1.807) is 24.0 Å². The van der Waals surface area contributed by atoms with Gasteiger partial charge in [0.1, 0.15) is 0 Å². The van der Waals surface area contributed by atoms with Crippen molar-refractivity contribution < 1.29 is 28.5 Å². The molecule has 2 aromatic rings. The number of carbonyl (C=O) groups is 2. The third-order valence-corrected chi connectivity index (χ3v) is 5.66. The molecule has 0 unspecified atom stereocenters. The van der Waals surface area contributed by atoms with Gasteiger partial charge in [0.2, 0.25) is 5.75 Å². The Kier molecular flexibility index (Phi) is 8.15. The summed E-state index contributed by atoms with van der Waals surface area (Å²) < 4.78 is 22.1. The van der Waals surface area contributed by atoms with E-state index in [4.69, 9.17) is 18.9 Å². The summed E-state index contributed by atoms with van der Waals surface area (Å²) in [5, 5.41) is 3.11. The zero-order valence-corrected chi connectivity index (χ0v) is 19.7. The number of amides is 2. The Labute approximate surface area is 191 Å². The lowest BCUT2D eigenvalue weighted by atomic mass is 10.1. The van der Waals surface area contributed by atoms with Gasteiger partial charge in [-0.25, -0.2) is 9.78 Å². The Balaban J connectivity index is 1.82. The van der Waals surface area contributed by atoms with E-state index >= 15 is 0 Å². The number of carbonyl (C=O) groups excluding carboxylic acids is 2. The molecule has 0 fully saturated rings. The van der Waals surface area contributed by atoms with Gasteiger partial charge in [0, 0.05) is 23.4 Å². The van der Waals surface area contributed by atoms with Gasteiger partial charge in [-0.3, -0.25) is 10.1 Å². The second-order valence-electron chi connectivity index (χ2n) is 6.81. The fourth-order valence-electron chi connectivity index (χ4n) is 3.37. The fraction of sp³-hybridized carbons (Fsp3) is 0.500. The van der Waals surface area contributed by atoms with E-state index < -0.39 is 6.09 Å². The van der Waals surface area contributed by atoms with Gasteiger partial charge in [0.15, 0.2) is 16.6 Å². The maximum atomic E-state index is 13.3. The highest BCUT2D eigenvalue weighted by Gasteiger charge is 2.27. The van der Waals surface area contributed by atoms with E-state index in [9.17, 15) is 9.59 Å². The van der Waals surface area contributed by atoms with Crippen molar-refractivity contribution in [2.45, 2.75) is 40.7 Å². The van der Waals surface area contributed by atoms with Crippen molar-refractivity contribution in [3.63, 3.8) is 0 Å². The molecule has 32 heavy (non-hydrogen) atoms. The van der Waals surface area contributed by atoms with E-state index in [-0.39, 0.29) is 12.5 Å². The van der Waals surface area contributed by atoms with Crippen LogP contribution in [0.3, 0.4) is 0 Å². The molecular weight excluding hydrogens is 434 g/mol. The predicted molar refractivity (Wildman–Crippen MR) is 121 cm³/mol. The van der Waals surface area contributed by atoms with Crippen LogP contribution in [0, 0.1) is 0 Å². The highest BCUT2D eigenvalue weighted by molar-refractivity contribution is 7.15. The van der Waals surface area contributed by atoms with Gasteiger partial charge in [0.25, 0.3) is 5.91 Å². The molecule has 0 saturated carbocycles. The summed E-state index contributed by atoms with van der Waals surface area (Å²) in [4.78, 5) is 32.2. The number of aromatic nitrogens is 1. The number of nitrogens with zero attached hydrogens (tertiary/aromatic N) is 2. The van der Waals surface area contributed by atoms with Gasteiger partial charge in [0.05, 0.1) is 38.7 Å². The van der Waals surface area contributed by atoms with Crippen molar-refractivity contribution in [1.29, 1.82) is 0 Å². The molecule has 1 aromatic carbocycles. The van der Waals surface area contributed by atoms with Gasteiger partial charge in [-0.1, -0.05) is 11.3 Å². The van der Waals surface area contributed by atoms with Gasteiger partial charge < -0.3 is 23.8 Å². The van der Waals surface area contributed by atoms with Crippen molar-refractivity contribution >= 4 is 28.5 Å². The number of fused-ring (bicyclic) bond motifs is 1. The van der Waals surface area contributed by atoms with Crippen molar-refractivity contribution in [3.05, 3.63) is 28.3 Å². The maximum absolute atomic E-state index is 13.3. The number of anilines is 1. The summed E-state index contributed by atoms with van der Waals surface area (Å²) in [6, 6.07) is 3.41. The average molecular weight is 464 g/mol. The maximum Gasteiger partial charge on any atom is 0.413 e. The number of benzene rings is 1. The summed E-state index contributed by atoms with van der Waals surface area (Å²) in [5.41, 5.74) is 1.36. The largest absolute Gasteiger partial charge is 0.490 e. The Morgan fingerprint density at radius 1 is 1.03 bits per heavy atom. The molecule has 9 nitrogen and oxygen atoms in total. The first kappa shape index (κ1) is 23.6. The summed E-state index contributed by atoms with van der Waals surface area (Å²) in [6.45, 7) is 9.93. The number of ether oxygens (including phenoxy) is 4. The van der Waals surface area contributed by atoms with Crippen LogP contribution in [-0.4, -0.2) is 54.9 Å². The first-order valence-corrected chi connectivity index (χ1v) is 11.6. The Bertz CT molecular complexity index is 934. The topological polar surface area (TPSA) is 99.2 Å². The summed E-state index contributed by atoms with van der Waals surface area (Å²) >= 11 is 1.35. The smallest absolute Gasteiger partial charge is 0.413 e. The highest BCUT2D eigenvalue weighted by Crippen LogP contribution is 2.40. The molecule has 0 saturated heterocycles. The molecule has 0 bridgehead atoms. The third kappa shape index (κ3) is 5.42. The molecule has 0 spiro atoms. The number of nitrogens with one attached hydrogen (secondary N) is 1. The Morgan fingerprint density at radius 3 is 2.28 bits per heavy atom. The standard InChI is InChI=1S/C22H29N3O6S/c1-5-28-16-11-14(12-17(29-6-2)19(16)30-7-3)20(26)25-10-9-15-18(13-25)32-21(23-15)24-22(27)31-8-4/h11-12H,5-10,13H2,1-4H3,(H,23,24,27). The highest BCUT2D eigenvalue weighted by atomic mass is 32.1. The van der Waals surface area contributed by atoms with Crippen LogP contribution < -0.4 is 19.5 Å². The minimum atomic E-state index is -0.534. The number of rotatable bonds is 9. The van der Waals surface area contributed by atoms with Gasteiger partial charge >= 0.3 is 6.09 Å². The zero-order chi connectivity index (χ0) is 23.1. The number of hydrogen-bond donors (Lipinski definition) is 1. The van der Waals surface area contributed by atoms with Crippen LogP contribution in [0.1, 0.15) is 48.6 Å². The lowest BCUT2D eigenvalue weighted by molar-refractivity contribution is 0.0735. The molecule has 0 aliphatic carbocycles. The van der Waals surface area contributed by atoms with Crippen LogP contribution in [0.25, 0.3) is 0 Å². The third-order valence-electron chi connectivity index (χ3n) is 4.66. The number of thiazole rings is 1. The SMILES string of the molecule is CCOC(=O)Nc1nc2c(s1)CN(C(=O)c1cc(OCC)c(OCC)c(OCC)c1)CC2. The van der Waals surface area contributed by atoms with Crippen LogP contribution in [-0.2, 0) is 17.7 Å². The predicted octanol–water partition coefficient (Wildman–Crippen LogP) is 4.11. The monoisotopic (exact) mass is 463 g/mol. The lowest BCUT2D eigenvalue weighted by Gasteiger charge is -2.27. The average Bonchev–Trinajstić information content (AvgIpc) is 3.17. The van der Waals surface area contributed by atoms with Crippen LogP contribution in [0.2, 0.25) is 0 Å². The normalized spacial score (nSPS) is 12.7. The van der Waals surface area contributed by atoms with Gasteiger partial charge in [-0.2, -0.15) is 0 Å². The molecule has 1 N–H and O–H groups in total. The summed E-state index contributed by atoms with van der Waals surface area (Å²) in [5.74, 6) is 1.35. The summed E-state index contributed by atoms with van der Waals surface area (Å²) in [6.07, 6.45) is 0.0725. The van der Waals surface area contributed by atoms with Crippen LogP contribution in [0.15, 0.2) is 12.1 Å². The lowest BCUT2D eigenvalue weighted by Crippen LogP contribution is -2.35. The molecule has 0 radical (unpaired) electrons. The minimum Gasteiger partial charge on any atom is -0.490 e. The fourth-order valence-corrected chi connectivity index (χ4v) is 4.38. The molecule has 1 aromatic heterocycles. The molecule has 10 heteroatoms. The molecule has 2 amide bonds. The van der Waals surface area contributed by atoms with E-state index in [0.717, 1.165) is 10.6 Å².